The Labute approximate surface area is 112 Å². The van der Waals surface area contributed by atoms with Crippen molar-refractivity contribution in [2.24, 2.45) is 0 Å². The van der Waals surface area contributed by atoms with Crippen LogP contribution in [-0.2, 0) is 12.8 Å². The van der Waals surface area contributed by atoms with Gasteiger partial charge in [-0.25, -0.2) is 0 Å². The normalized spacial score (nSPS) is 21.6. The highest BCUT2D eigenvalue weighted by molar-refractivity contribution is 7.19. The lowest BCUT2D eigenvalue weighted by Crippen LogP contribution is -2.41. The summed E-state index contributed by atoms with van der Waals surface area (Å²) in [4.78, 5) is 4.39. The van der Waals surface area contributed by atoms with Crippen LogP contribution in [0.3, 0.4) is 0 Å². The van der Waals surface area contributed by atoms with Gasteiger partial charge in [0.25, 0.3) is 0 Å². The topological polar surface area (TPSA) is 3.24 Å². The van der Waals surface area contributed by atoms with Crippen molar-refractivity contribution < 1.29 is 0 Å². The van der Waals surface area contributed by atoms with E-state index in [-0.39, 0.29) is 0 Å². The zero-order chi connectivity index (χ0) is 11.9. The molecule has 2 heteroatoms. The molecule has 18 heavy (non-hydrogen) atoms. The van der Waals surface area contributed by atoms with E-state index in [2.05, 4.69) is 29.2 Å². The third kappa shape index (κ3) is 1.70. The van der Waals surface area contributed by atoms with Gasteiger partial charge in [-0.2, -0.15) is 0 Å². The number of hydrogen-bond acceptors (Lipinski definition) is 2. The molecule has 4 rings (SSSR count). The first-order chi connectivity index (χ1) is 8.92. The molecule has 0 unspecified atom stereocenters. The fourth-order valence-electron chi connectivity index (χ4n) is 3.35. The number of rotatable bonds is 1. The molecule has 1 fully saturated rings. The first kappa shape index (κ1) is 11.0. The van der Waals surface area contributed by atoms with E-state index in [0.717, 1.165) is 6.04 Å². The average Bonchev–Trinajstić information content (AvgIpc) is 2.56. The minimum atomic E-state index is 0.908. The number of hydrogen-bond donors (Lipinski definition) is 0. The third-order valence-electron chi connectivity index (χ3n) is 4.65. The van der Waals surface area contributed by atoms with Crippen molar-refractivity contribution in [1.29, 1.82) is 0 Å². The van der Waals surface area contributed by atoms with E-state index in [4.69, 9.17) is 0 Å². The van der Waals surface area contributed by atoms with Crippen LogP contribution in [0, 0.1) is 0 Å². The van der Waals surface area contributed by atoms with Crippen molar-refractivity contribution in [2.75, 3.05) is 13.1 Å². The maximum atomic E-state index is 2.74. The molecule has 1 nitrogen and oxygen atoms in total. The summed E-state index contributed by atoms with van der Waals surface area (Å²) in [5.74, 6) is 0. The fraction of sp³-hybridized carbons (Fsp3) is 0.500. The largest absolute Gasteiger partial charge is 0.300 e. The summed E-state index contributed by atoms with van der Waals surface area (Å²) >= 11 is 2.03. The van der Waals surface area contributed by atoms with E-state index in [1.807, 2.05) is 11.3 Å². The van der Waals surface area contributed by atoms with Crippen LogP contribution in [0.5, 0.6) is 0 Å². The van der Waals surface area contributed by atoms with Gasteiger partial charge in [0.15, 0.2) is 0 Å². The van der Waals surface area contributed by atoms with Crippen LogP contribution in [0.15, 0.2) is 24.3 Å². The molecule has 0 radical (unpaired) electrons. The van der Waals surface area contributed by atoms with Gasteiger partial charge in [-0.3, -0.25) is 4.90 Å². The van der Waals surface area contributed by atoms with Gasteiger partial charge < -0.3 is 0 Å². The summed E-state index contributed by atoms with van der Waals surface area (Å²) in [6.45, 7) is 2.56. The summed E-state index contributed by atoms with van der Waals surface area (Å²) in [5, 5.41) is 1.52. The monoisotopic (exact) mass is 257 g/mol. The van der Waals surface area contributed by atoms with E-state index in [1.165, 1.54) is 55.3 Å². The maximum Gasteiger partial charge on any atom is 0.0348 e. The van der Waals surface area contributed by atoms with Crippen molar-refractivity contribution >= 4 is 21.4 Å². The number of benzene rings is 1. The molecule has 1 saturated carbocycles. The van der Waals surface area contributed by atoms with Gasteiger partial charge >= 0.3 is 0 Å². The third-order valence-corrected chi connectivity index (χ3v) is 5.92. The first-order valence-electron chi connectivity index (χ1n) is 7.15. The summed E-state index contributed by atoms with van der Waals surface area (Å²) in [6.07, 6.45) is 6.86. The van der Waals surface area contributed by atoms with Gasteiger partial charge in [-0.1, -0.05) is 24.6 Å². The van der Waals surface area contributed by atoms with Crippen LogP contribution in [0.1, 0.15) is 29.7 Å². The summed E-state index contributed by atoms with van der Waals surface area (Å²) in [7, 11) is 0. The van der Waals surface area contributed by atoms with Crippen LogP contribution < -0.4 is 0 Å². The lowest BCUT2D eigenvalue weighted by molar-refractivity contribution is 0.133. The van der Waals surface area contributed by atoms with Crippen LogP contribution in [-0.4, -0.2) is 24.0 Å². The van der Waals surface area contributed by atoms with E-state index in [1.54, 1.807) is 10.4 Å². The van der Waals surface area contributed by atoms with Gasteiger partial charge in [-0.15, -0.1) is 11.3 Å². The van der Waals surface area contributed by atoms with Crippen LogP contribution in [0.25, 0.3) is 10.1 Å². The Morgan fingerprint density at radius 3 is 2.72 bits per heavy atom. The highest BCUT2D eigenvalue weighted by Gasteiger charge is 2.27. The zero-order valence-electron chi connectivity index (χ0n) is 10.7. The van der Waals surface area contributed by atoms with Crippen LogP contribution >= 0.6 is 11.3 Å². The van der Waals surface area contributed by atoms with Gasteiger partial charge in [-0.05, 0) is 42.7 Å². The predicted molar refractivity (Wildman–Crippen MR) is 78.4 cm³/mol. The van der Waals surface area contributed by atoms with Gasteiger partial charge in [0, 0.05) is 28.7 Å². The quantitative estimate of drug-likeness (QED) is 0.750. The lowest BCUT2D eigenvalue weighted by Gasteiger charge is -2.36. The molecule has 94 valence electrons. The standard InChI is InChI=1S/C16H19NS/c1-2-7-15-13(6-1)14-8-10-17(12-4-3-5-12)11-9-16(14)18-15/h1-2,6-7,12H,3-5,8-11H2. The highest BCUT2D eigenvalue weighted by Crippen LogP contribution is 2.35. The SMILES string of the molecule is c1ccc2c3c(sc2c1)CCN(C1CCC1)CC3. The molecule has 0 bridgehead atoms. The fourth-order valence-corrected chi connectivity index (χ4v) is 4.60. The second-order valence-electron chi connectivity index (χ2n) is 5.62. The highest BCUT2D eigenvalue weighted by atomic mass is 32.1. The van der Waals surface area contributed by atoms with E-state index in [0.29, 0.717) is 0 Å². The number of nitrogens with zero attached hydrogens (tertiary/aromatic N) is 1. The van der Waals surface area contributed by atoms with Crippen molar-refractivity contribution in [3.63, 3.8) is 0 Å². The molecule has 1 aromatic heterocycles. The average molecular weight is 257 g/mol. The Morgan fingerprint density at radius 2 is 1.89 bits per heavy atom. The first-order valence-corrected chi connectivity index (χ1v) is 7.97. The Morgan fingerprint density at radius 1 is 1.06 bits per heavy atom. The molecule has 1 aromatic carbocycles. The molecule has 0 amide bonds. The number of thiophene rings is 1. The van der Waals surface area contributed by atoms with Gasteiger partial charge in [0.05, 0.1) is 0 Å². The molecule has 1 aliphatic heterocycles. The molecule has 1 aliphatic carbocycles. The van der Waals surface area contributed by atoms with Gasteiger partial charge in [0.1, 0.15) is 0 Å². The second kappa shape index (κ2) is 4.36. The van der Waals surface area contributed by atoms with E-state index < -0.39 is 0 Å². The molecule has 0 saturated heterocycles. The Hall–Kier alpha value is -0.860. The predicted octanol–water partition coefficient (Wildman–Crippen LogP) is 3.85. The lowest BCUT2D eigenvalue weighted by atomic mass is 9.91. The van der Waals surface area contributed by atoms with Crippen molar-refractivity contribution in [2.45, 2.75) is 38.1 Å². The second-order valence-corrected chi connectivity index (χ2v) is 6.76. The Kier molecular flexibility index (Phi) is 2.66. The molecule has 0 spiro atoms. The summed E-state index contributed by atoms with van der Waals surface area (Å²) < 4.78 is 1.49. The molecular weight excluding hydrogens is 238 g/mol. The van der Waals surface area contributed by atoms with Gasteiger partial charge in [0.2, 0.25) is 0 Å². The smallest absolute Gasteiger partial charge is 0.0348 e. The van der Waals surface area contributed by atoms with Crippen molar-refractivity contribution in [1.82, 2.24) is 4.90 Å². The summed E-state index contributed by atoms with van der Waals surface area (Å²) in [5.41, 5.74) is 1.65. The van der Waals surface area contributed by atoms with E-state index >= 15 is 0 Å². The molecule has 0 N–H and O–H groups in total. The molecule has 2 heterocycles. The zero-order valence-corrected chi connectivity index (χ0v) is 11.5. The Bertz CT molecular complexity index is 567. The molecule has 2 aromatic rings. The van der Waals surface area contributed by atoms with Crippen LogP contribution in [0.4, 0.5) is 0 Å². The molecular formula is C16H19NS. The minimum absolute atomic E-state index is 0.908. The summed E-state index contributed by atoms with van der Waals surface area (Å²) in [6, 6.07) is 9.84. The molecule has 0 atom stereocenters. The van der Waals surface area contributed by atoms with Crippen LogP contribution in [0.2, 0.25) is 0 Å². The number of fused-ring (bicyclic) bond motifs is 3. The van der Waals surface area contributed by atoms with Crippen molar-refractivity contribution in [3.05, 3.63) is 34.7 Å². The maximum absolute atomic E-state index is 2.74. The van der Waals surface area contributed by atoms with E-state index in [9.17, 15) is 0 Å². The minimum Gasteiger partial charge on any atom is -0.300 e. The van der Waals surface area contributed by atoms with Crippen molar-refractivity contribution in [3.8, 4) is 0 Å². The Balaban J connectivity index is 1.65. The molecule has 2 aliphatic rings.